The Bertz CT molecular complexity index is 975. The number of carbonyl (C=O) groups is 1. The first-order valence-electron chi connectivity index (χ1n) is 10.9. The maximum Gasteiger partial charge on any atom is 0.270 e. The van der Waals surface area contributed by atoms with Crippen molar-refractivity contribution in [2.45, 2.75) is 31.8 Å². The second-order valence-corrected chi connectivity index (χ2v) is 8.52. The second-order valence-electron chi connectivity index (χ2n) is 8.52. The molecule has 4 aliphatic heterocycles. The second kappa shape index (κ2) is 8.38. The predicted molar refractivity (Wildman–Crippen MR) is 113 cm³/mol. The van der Waals surface area contributed by atoms with Crippen LogP contribution in [0.5, 0.6) is 0 Å². The van der Waals surface area contributed by atoms with Crippen molar-refractivity contribution < 1.29 is 13.9 Å². The van der Waals surface area contributed by atoms with E-state index in [2.05, 4.69) is 38.9 Å². The van der Waals surface area contributed by atoms with Crippen LogP contribution in [0.15, 0.2) is 22.9 Å². The van der Waals surface area contributed by atoms with Crippen molar-refractivity contribution >= 4 is 16.9 Å². The third-order valence-electron chi connectivity index (χ3n) is 6.80. The number of carbonyl (C=O) groups excluding carboxylic acids is 1. The Balaban J connectivity index is 1.31. The molecule has 0 saturated carbocycles. The zero-order valence-electron chi connectivity index (χ0n) is 17.4. The van der Waals surface area contributed by atoms with E-state index in [1.165, 1.54) is 0 Å². The topological polar surface area (TPSA) is 70.8 Å². The van der Waals surface area contributed by atoms with Gasteiger partial charge in [-0.2, -0.15) is 0 Å². The van der Waals surface area contributed by atoms with Gasteiger partial charge >= 0.3 is 0 Å². The van der Waals surface area contributed by atoms with Gasteiger partial charge in [-0.1, -0.05) is 11.8 Å². The van der Waals surface area contributed by atoms with E-state index in [0.717, 1.165) is 63.2 Å². The van der Waals surface area contributed by atoms with Gasteiger partial charge in [0.25, 0.3) is 5.91 Å². The number of hydrogen-bond donors (Lipinski definition) is 1. The fourth-order valence-electron chi connectivity index (χ4n) is 4.93. The number of aromatic nitrogens is 1. The molecule has 2 aromatic heterocycles. The zero-order valence-corrected chi connectivity index (χ0v) is 17.4. The first kappa shape index (κ1) is 19.6. The minimum atomic E-state index is -0.115. The molecule has 4 aliphatic rings. The molecule has 1 N–H and O–H groups in total. The summed E-state index contributed by atoms with van der Waals surface area (Å²) in [4.78, 5) is 22.0. The van der Waals surface area contributed by atoms with E-state index < -0.39 is 0 Å². The van der Waals surface area contributed by atoms with Crippen molar-refractivity contribution in [3.05, 3.63) is 29.8 Å². The molecule has 30 heavy (non-hydrogen) atoms. The van der Waals surface area contributed by atoms with E-state index in [1.807, 2.05) is 0 Å². The standard InChI is InChI=1S/C23H28N4O3/c1-16-22(17-4-7-27(16)8-5-17)25-23(28)20-13-19-18(15-30-21(19)14-24-20)3-2-6-26-9-11-29-12-10-26/h13-17,22H,4-12H2,1H3,(H,25,28). The summed E-state index contributed by atoms with van der Waals surface area (Å²) in [7, 11) is 0. The van der Waals surface area contributed by atoms with Crippen LogP contribution in [-0.2, 0) is 4.74 Å². The summed E-state index contributed by atoms with van der Waals surface area (Å²) in [5.41, 5.74) is 1.87. The highest BCUT2D eigenvalue weighted by molar-refractivity contribution is 5.97. The van der Waals surface area contributed by atoms with Crippen LogP contribution in [0.25, 0.3) is 11.0 Å². The van der Waals surface area contributed by atoms with Crippen LogP contribution < -0.4 is 5.32 Å². The van der Waals surface area contributed by atoms with E-state index in [1.54, 1.807) is 18.5 Å². The Morgan fingerprint density at radius 3 is 2.83 bits per heavy atom. The molecule has 4 fully saturated rings. The van der Waals surface area contributed by atoms with E-state index in [-0.39, 0.29) is 11.9 Å². The van der Waals surface area contributed by atoms with Crippen LogP contribution in [-0.4, -0.2) is 78.7 Å². The fraction of sp³-hybridized carbons (Fsp3) is 0.565. The van der Waals surface area contributed by atoms with Gasteiger partial charge in [0.1, 0.15) is 12.0 Å². The van der Waals surface area contributed by atoms with Gasteiger partial charge in [-0.25, -0.2) is 4.98 Å². The number of hydrogen-bond acceptors (Lipinski definition) is 6. The molecule has 7 nitrogen and oxygen atoms in total. The van der Waals surface area contributed by atoms with Gasteiger partial charge in [0.15, 0.2) is 5.58 Å². The van der Waals surface area contributed by atoms with Crippen molar-refractivity contribution in [2.75, 3.05) is 45.9 Å². The highest BCUT2D eigenvalue weighted by Crippen LogP contribution is 2.32. The molecule has 0 radical (unpaired) electrons. The van der Waals surface area contributed by atoms with Crippen molar-refractivity contribution in [1.82, 2.24) is 20.1 Å². The van der Waals surface area contributed by atoms with Gasteiger partial charge in [0.05, 0.1) is 31.5 Å². The van der Waals surface area contributed by atoms with Gasteiger partial charge in [-0.15, -0.1) is 0 Å². The van der Waals surface area contributed by atoms with E-state index >= 15 is 0 Å². The van der Waals surface area contributed by atoms with E-state index in [0.29, 0.717) is 29.8 Å². The lowest BCUT2D eigenvalue weighted by Crippen LogP contribution is -2.62. The lowest BCUT2D eigenvalue weighted by molar-refractivity contribution is 0.0216. The predicted octanol–water partition coefficient (Wildman–Crippen LogP) is 1.72. The van der Waals surface area contributed by atoms with Crippen molar-refractivity contribution in [3.63, 3.8) is 0 Å². The molecule has 2 aromatic rings. The molecule has 158 valence electrons. The lowest BCUT2D eigenvalue weighted by atomic mass is 9.79. The molecule has 6 heterocycles. The molecule has 0 aromatic carbocycles. The van der Waals surface area contributed by atoms with Crippen LogP contribution in [0.1, 0.15) is 35.8 Å². The van der Waals surface area contributed by atoms with Crippen LogP contribution in [0, 0.1) is 17.8 Å². The molecule has 2 bridgehead atoms. The lowest BCUT2D eigenvalue weighted by Gasteiger charge is -2.49. The summed E-state index contributed by atoms with van der Waals surface area (Å²) in [6.07, 6.45) is 5.59. The maximum absolute atomic E-state index is 13.0. The third-order valence-corrected chi connectivity index (χ3v) is 6.80. The number of nitrogens with zero attached hydrogens (tertiary/aromatic N) is 3. The first-order valence-corrected chi connectivity index (χ1v) is 10.9. The van der Waals surface area contributed by atoms with E-state index in [4.69, 9.17) is 9.15 Å². The van der Waals surface area contributed by atoms with Gasteiger partial charge in [0.2, 0.25) is 0 Å². The van der Waals surface area contributed by atoms with Gasteiger partial charge < -0.3 is 14.5 Å². The molecule has 2 atom stereocenters. The normalized spacial score (nSPS) is 28.8. The highest BCUT2D eigenvalue weighted by atomic mass is 16.5. The van der Waals surface area contributed by atoms with Gasteiger partial charge in [-0.05, 0) is 44.8 Å². The SMILES string of the molecule is CC1C(NC(=O)c2cc3c(C#CCN4CCOCC4)coc3cn2)C2CCN1CC2. The Labute approximate surface area is 176 Å². The minimum absolute atomic E-state index is 0.115. The molecule has 1 amide bonds. The number of piperidine rings is 3. The number of morpholine rings is 1. The summed E-state index contributed by atoms with van der Waals surface area (Å²) in [6, 6.07) is 2.37. The minimum Gasteiger partial charge on any atom is -0.461 e. The molecular weight excluding hydrogens is 380 g/mol. The van der Waals surface area contributed by atoms with Gasteiger partial charge in [-0.3, -0.25) is 14.6 Å². The van der Waals surface area contributed by atoms with Crippen molar-refractivity contribution in [2.24, 2.45) is 5.92 Å². The number of ether oxygens (including phenoxy) is 1. The number of nitrogens with one attached hydrogen (secondary N) is 1. The van der Waals surface area contributed by atoms with Crippen LogP contribution in [0.2, 0.25) is 0 Å². The number of fused-ring (bicyclic) bond motifs is 4. The Morgan fingerprint density at radius 2 is 2.07 bits per heavy atom. The smallest absolute Gasteiger partial charge is 0.270 e. The molecule has 6 rings (SSSR count). The average molecular weight is 409 g/mol. The quantitative estimate of drug-likeness (QED) is 0.780. The van der Waals surface area contributed by atoms with Crippen LogP contribution >= 0.6 is 0 Å². The summed E-state index contributed by atoms with van der Waals surface area (Å²) in [6.45, 7) is 8.54. The average Bonchev–Trinajstić information content (AvgIpc) is 3.19. The van der Waals surface area contributed by atoms with Crippen molar-refractivity contribution in [3.8, 4) is 11.8 Å². The summed E-state index contributed by atoms with van der Waals surface area (Å²) < 4.78 is 11.0. The molecule has 4 saturated heterocycles. The highest BCUT2D eigenvalue weighted by Gasteiger charge is 2.40. The fourth-order valence-corrected chi connectivity index (χ4v) is 4.93. The summed E-state index contributed by atoms with van der Waals surface area (Å²) >= 11 is 0. The van der Waals surface area contributed by atoms with Crippen LogP contribution in [0.3, 0.4) is 0 Å². The maximum atomic E-state index is 13.0. The Kier molecular flexibility index (Phi) is 5.47. The Hall–Kier alpha value is -2.40. The molecule has 0 spiro atoms. The largest absolute Gasteiger partial charge is 0.461 e. The number of furan rings is 1. The number of rotatable bonds is 3. The monoisotopic (exact) mass is 408 g/mol. The summed E-state index contributed by atoms with van der Waals surface area (Å²) in [5, 5.41) is 4.09. The molecule has 0 aliphatic carbocycles. The van der Waals surface area contributed by atoms with E-state index in [9.17, 15) is 4.79 Å². The molecule has 2 unspecified atom stereocenters. The van der Waals surface area contributed by atoms with Crippen LogP contribution in [0.4, 0.5) is 0 Å². The molecular formula is C23H28N4O3. The summed E-state index contributed by atoms with van der Waals surface area (Å²) in [5.74, 6) is 6.87. The van der Waals surface area contributed by atoms with Crippen molar-refractivity contribution in [1.29, 1.82) is 0 Å². The Morgan fingerprint density at radius 1 is 1.27 bits per heavy atom. The van der Waals surface area contributed by atoms with Gasteiger partial charge in [0, 0.05) is 30.6 Å². The zero-order chi connectivity index (χ0) is 20.5. The number of amides is 1. The molecule has 7 heteroatoms. The third kappa shape index (κ3) is 3.83. The number of pyridine rings is 1. The first-order chi connectivity index (χ1) is 14.7.